The van der Waals surface area contributed by atoms with Crippen molar-refractivity contribution in [3.8, 4) is 5.75 Å². The van der Waals surface area contributed by atoms with Crippen molar-refractivity contribution in [2.45, 2.75) is 65.8 Å². The zero-order valence-electron chi connectivity index (χ0n) is 24.3. The molecule has 3 rings (SSSR count). The summed E-state index contributed by atoms with van der Waals surface area (Å²) in [6, 6.07) is 7.01. The fraction of sp³-hybridized carbons (Fsp3) is 0.500. The van der Waals surface area contributed by atoms with E-state index in [9.17, 15) is 24.5 Å². The molecule has 42 heavy (non-hydrogen) atoms. The minimum absolute atomic E-state index is 0.0958. The molecule has 1 aromatic heterocycles. The molecule has 12 nitrogen and oxygen atoms in total. The van der Waals surface area contributed by atoms with Gasteiger partial charge in [0.1, 0.15) is 33.6 Å². The number of nitrogens with one attached hydrogen (secondary N) is 2. The third-order valence-electron chi connectivity index (χ3n) is 5.74. The number of ether oxygens (including phenoxy) is 4. The van der Waals surface area contributed by atoms with Crippen LogP contribution in [0.4, 0.5) is 15.5 Å². The Balaban J connectivity index is 1.75. The van der Waals surface area contributed by atoms with Gasteiger partial charge in [0.05, 0.1) is 4.92 Å². The SMILES string of the molecule is CC(C)(C)OC(=O)c1cc(OC(C)(C)C)c(NC(=O)[C@@H](C(=S)OC(=O)OCc2ccc([N+](=O)[O-])cc2)[C@@H]2CCNC2)s1. The third kappa shape index (κ3) is 9.74. The quantitative estimate of drug-likeness (QED) is 0.155. The third-order valence-corrected chi connectivity index (χ3v) is 7.09. The van der Waals surface area contributed by atoms with Crippen LogP contribution in [0.25, 0.3) is 0 Å². The molecule has 1 aliphatic heterocycles. The topological polar surface area (TPSA) is 155 Å². The van der Waals surface area contributed by atoms with E-state index < -0.39 is 40.1 Å². The van der Waals surface area contributed by atoms with Crippen molar-refractivity contribution in [1.29, 1.82) is 0 Å². The van der Waals surface area contributed by atoms with E-state index in [0.29, 0.717) is 30.8 Å². The smallest absolute Gasteiger partial charge is 0.485 e. The number of carbonyl (C=O) groups excluding carboxylic acids is 3. The second-order valence-corrected chi connectivity index (χ2v) is 13.1. The monoisotopic (exact) mass is 621 g/mol. The molecule has 1 aromatic carbocycles. The lowest BCUT2D eigenvalue weighted by atomic mass is 9.91. The molecule has 1 fully saturated rings. The molecule has 0 radical (unpaired) electrons. The summed E-state index contributed by atoms with van der Waals surface area (Å²) in [6.45, 7) is 11.7. The van der Waals surface area contributed by atoms with Gasteiger partial charge in [-0.15, -0.1) is 11.3 Å². The second-order valence-electron chi connectivity index (χ2n) is 11.6. The van der Waals surface area contributed by atoms with Crippen molar-refractivity contribution >= 4 is 57.3 Å². The van der Waals surface area contributed by atoms with E-state index >= 15 is 0 Å². The lowest BCUT2D eigenvalue weighted by Crippen LogP contribution is -2.38. The van der Waals surface area contributed by atoms with Crippen molar-refractivity contribution in [1.82, 2.24) is 5.32 Å². The van der Waals surface area contributed by atoms with Crippen LogP contribution in [0.15, 0.2) is 30.3 Å². The number of nitro benzene ring substituents is 1. The van der Waals surface area contributed by atoms with Crippen LogP contribution in [0.3, 0.4) is 0 Å². The maximum Gasteiger partial charge on any atom is 0.514 e. The number of rotatable bonds is 9. The van der Waals surface area contributed by atoms with Crippen LogP contribution in [0.5, 0.6) is 5.75 Å². The van der Waals surface area contributed by atoms with E-state index in [0.717, 1.165) is 11.3 Å². The molecule has 1 aliphatic rings. The van der Waals surface area contributed by atoms with Crippen molar-refractivity contribution in [2.75, 3.05) is 18.4 Å². The van der Waals surface area contributed by atoms with Gasteiger partial charge in [0.15, 0.2) is 10.8 Å². The molecule has 2 aromatic rings. The highest BCUT2D eigenvalue weighted by Crippen LogP contribution is 2.39. The molecule has 14 heteroatoms. The molecule has 2 heterocycles. The summed E-state index contributed by atoms with van der Waals surface area (Å²) in [6.07, 6.45) is -0.500. The number of non-ortho nitro benzene ring substituents is 1. The van der Waals surface area contributed by atoms with E-state index in [4.69, 9.17) is 31.2 Å². The zero-order valence-corrected chi connectivity index (χ0v) is 25.9. The first-order valence-electron chi connectivity index (χ1n) is 13.2. The average molecular weight is 622 g/mol. The number of anilines is 1. The summed E-state index contributed by atoms with van der Waals surface area (Å²) in [4.78, 5) is 49.4. The highest BCUT2D eigenvalue weighted by Gasteiger charge is 2.37. The largest absolute Gasteiger partial charge is 0.514 e. The maximum atomic E-state index is 13.6. The standard InChI is InChI=1S/C28H35N3O9S2/c1-27(2,3)39-19-13-20(24(33)40-28(4,5)6)42-23(19)30-22(32)21(17-11-12-29-14-17)25(41)38-26(34)37-15-16-7-9-18(10-8-16)31(35)36/h7-10,13,17,21,29H,11-12,14-15H2,1-6H3,(H,30,32)/t17-,21+/m1/s1. The molecule has 2 atom stereocenters. The summed E-state index contributed by atoms with van der Waals surface area (Å²) in [5.74, 6) is -2.07. The van der Waals surface area contributed by atoms with Crippen molar-refractivity contribution in [3.63, 3.8) is 0 Å². The Hall–Kier alpha value is -3.62. The predicted octanol–water partition coefficient (Wildman–Crippen LogP) is 5.63. The summed E-state index contributed by atoms with van der Waals surface area (Å²) in [7, 11) is 0. The van der Waals surface area contributed by atoms with Crippen LogP contribution in [-0.2, 0) is 25.6 Å². The maximum absolute atomic E-state index is 13.6. The van der Waals surface area contributed by atoms with Crippen molar-refractivity contribution in [2.24, 2.45) is 11.8 Å². The number of hydrogen-bond donors (Lipinski definition) is 2. The van der Waals surface area contributed by atoms with Gasteiger partial charge in [0, 0.05) is 18.2 Å². The zero-order chi connectivity index (χ0) is 31.2. The summed E-state index contributed by atoms with van der Waals surface area (Å²) in [5.41, 5.74) is -0.942. The first-order valence-corrected chi connectivity index (χ1v) is 14.4. The summed E-state index contributed by atoms with van der Waals surface area (Å²) >= 11 is 6.40. The Labute approximate surface area is 253 Å². The number of nitro groups is 1. The second kappa shape index (κ2) is 13.6. The normalized spacial score (nSPS) is 15.8. The molecule has 0 bridgehead atoms. The lowest BCUT2D eigenvalue weighted by Gasteiger charge is -2.24. The van der Waals surface area contributed by atoms with Gasteiger partial charge in [-0.05, 0) is 96.9 Å². The number of thiocarbonyl (C=S) groups is 1. The highest BCUT2D eigenvalue weighted by molar-refractivity contribution is 7.80. The van der Waals surface area contributed by atoms with Crippen LogP contribution in [0.2, 0.25) is 0 Å². The molecule has 1 amide bonds. The molecule has 0 saturated carbocycles. The number of hydrogen-bond acceptors (Lipinski definition) is 12. The van der Waals surface area contributed by atoms with Crippen molar-refractivity contribution in [3.05, 3.63) is 50.9 Å². The van der Waals surface area contributed by atoms with Gasteiger partial charge in [-0.3, -0.25) is 14.9 Å². The van der Waals surface area contributed by atoms with Gasteiger partial charge in [0.2, 0.25) is 5.91 Å². The molecule has 1 saturated heterocycles. The minimum Gasteiger partial charge on any atom is -0.485 e. The number of esters is 1. The van der Waals surface area contributed by atoms with Crippen LogP contribution < -0.4 is 15.4 Å². The number of benzene rings is 1. The van der Waals surface area contributed by atoms with E-state index in [1.54, 1.807) is 20.8 Å². The Morgan fingerprint density at radius 1 is 1.14 bits per heavy atom. The van der Waals surface area contributed by atoms with Crippen LogP contribution in [0, 0.1) is 22.0 Å². The summed E-state index contributed by atoms with van der Waals surface area (Å²) in [5, 5.41) is 16.8. The van der Waals surface area contributed by atoms with Gasteiger partial charge in [-0.1, -0.05) is 0 Å². The number of thiophene rings is 1. The molecule has 0 aliphatic carbocycles. The van der Waals surface area contributed by atoms with Crippen LogP contribution in [-0.4, -0.2) is 52.3 Å². The van der Waals surface area contributed by atoms with E-state index in [2.05, 4.69) is 10.6 Å². The van der Waals surface area contributed by atoms with Crippen LogP contribution in [0.1, 0.15) is 63.2 Å². The average Bonchev–Trinajstić information content (AvgIpc) is 3.52. The van der Waals surface area contributed by atoms with E-state index in [1.807, 2.05) is 20.8 Å². The highest BCUT2D eigenvalue weighted by atomic mass is 32.1. The Bertz CT molecular complexity index is 1320. The molecular weight excluding hydrogens is 586 g/mol. The lowest BCUT2D eigenvalue weighted by molar-refractivity contribution is -0.384. The van der Waals surface area contributed by atoms with Gasteiger partial charge in [-0.25, -0.2) is 9.59 Å². The summed E-state index contributed by atoms with van der Waals surface area (Å²) < 4.78 is 21.9. The number of amides is 1. The van der Waals surface area contributed by atoms with Gasteiger partial charge in [-0.2, -0.15) is 0 Å². The van der Waals surface area contributed by atoms with Gasteiger partial charge < -0.3 is 29.6 Å². The fourth-order valence-electron chi connectivity index (χ4n) is 3.99. The van der Waals surface area contributed by atoms with Crippen molar-refractivity contribution < 1.29 is 38.3 Å². The number of carbonyl (C=O) groups is 3. The van der Waals surface area contributed by atoms with Crippen LogP contribution >= 0.6 is 23.6 Å². The number of nitrogens with zero attached hydrogens (tertiary/aromatic N) is 1. The first-order chi connectivity index (χ1) is 19.5. The minimum atomic E-state index is -1.11. The Morgan fingerprint density at radius 3 is 2.36 bits per heavy atom. The Kier molecular flexibility index (Phi) is 10.6. The molecule has 0 spiro atoms. The van der Waals surface area contributed by atoms with E-state index in [-0.39, 0.29) is 33.1 Å². The molecule has 2 N–H and O–H groups in total. The van der Waals surface area contributed by atoms with E-state index in [1.165, 1.54) is 30.3 Å². The molecule has 0 unspecified atom stereocenters. The fourth-order valence-corrected chi connectivity index (χ4v) is 5.22. The first kappa shape index (κ1) is 32.9. The predicted molar refractivity (Wildman–Crippen MR) is 160 cm³/mol. The molecular formula is C28H35N3O9S2. The van der Waals surface area contributed by atoms with Gasteiger partial charge >= 0.3 is 12.1 Å². The molecule has 228 valence electrons. The van der Waals surface area contributed by atoms with Gasteiger partial charge in [0.25, 0.3) is 5.69 Å². The Morgan fingerprint density at radius 2 is 1.81 bits per heavy atom.